The van der Waals surface area contributed by atoms with Crippen LogP contribution in [0.1, 0.15) is 62.4 Å². The van der Waals surface area contributed by atoms with Crippen molar-refractivity contribution < 1.29 is 10.2 Å². The summed E-state index contributed by atoms with van der Waals surface area (Å²) >= 11 is 0. The number of hydrogen-bond acceptors (Lipinski definition) is 4. The topological polar surface area (TPSA) is 65.7 Å². The average molecular weight is 308 g/mol. The maximum absolute atomic E-state index is 12.0. The van der Waals surface area contributed by atoms with E-state index in [2.05, 4.69) is 0 Å². The standard InChI is InChI=1S/C17H28N2O3/c1-18(2)11-15-17(22)16(21)10-14(12-20)19(15)13-8-6-4-3-5-7-9-13/h10,13,20,22H,3-9,11-12H2,1-2H3. The SMILES string of the molecule is CN(C)Cc1c(O)c(=O)cc(CO)n1C1CCCCCCC1. The van der Waals surface area contributed by atoms with Gasteiger partial charge < -0.3 is 19.7 Å². The van der Waals surface area contributed by atoms with E-state index in [1.165, 1.54) is 25.3 Å². The molecule has 0 radical (unpaired) electrons. The van der Waals surface area contributed by atoms with Crippen molar-refractivity contribution in [1.29, 1.82) is 0 Å². The summed E-state index contributed by atoms with van der Waals surface area (Å²) in [5.74, 6) is -0.173. The highest BCUT2D eigenvalue weighted by molar-refractivity contribution is 5.30. The van der Waals surface area contributed by atoms with Crippen molar-refractivity contribution in [3.63, 3.8) is 0 Å². The van der Waals surface area contributed by atoms with Crippen molar-refractivity contribution in [2.75, 3.05) is 14.1 Å². The highest BCUT2D eigenvalue weighted by atomic mass is 16.3. The Morgan fingerprint density at radius 1 is 1.18 bits per heavy atom. The van der Waals surface area contributed by atoms with Crippen LogP contribution >= 0.6 is 0 Å². The lowest BCUT2D eigenvalue weighted by molar-refractivity contribution is 0.248. The Morgan fingerprint density at radius 2 is 1.77 bits per heavy atom. The molecule has 2 rings (SSSR count). The zero-order chi connectivity index (χ0) is 16.1. The maximum atomic E-state index is 12.0. The van der Waals surface area contributed by atoms with Gasteiger partial charge in [0.2, 0.25) is 5.43 Å². The van der Waals surface area contributed by atoms with E-state index in [4.69, 9.17) is 0 Å². The summed E-state index contributed by atoms with van der Waals surface area (Å²) in [7, 11) is 3.83. The fourth-order valence-corrected chi connectivity index (χ4v) is 3.44. The van der Waals surface area contributed by atoms with Crippen molar-refractivity contribution in [3.8, 4) is 5.75 Å². The van der Waals surface area contributed by atoms with Gasteiger partial charge in [-0.3, -0.25) is 4.79 Å². The Kier molecular flexibility index (Phi) is 6.03. The predicted molar refractivity (Wildman–Crippen MR) is 87.0 cm³/mol. The molecule has 0 amide bonds. The average Bonchev–Trinajstić information content (AvgIpc) is 2.44. The summed E-state index contributed by atoms with van der Waals surface area (Å²) < 4.78 is 2.03. The highest BCUT2D eigenvalue weighted by Gasteiger charge is 2.22. The molecule has 0 bridgehead atoms. The Bertz CT molecular complexity index is 544. The van der Waals surface area contributed by atoms with Crippen LogP contribution in [0, 0.1) is 0 Å². The first-order valence-corrected chi connectivity index (χ1v) is 8.26. The molecule has 22 heavy (non-hydrogen) atoms. The monoisotopic (exact) mass is 308 g/mol. The zero-order valence-corrected chi connectivity index (χ0v) is 13.7. The number of rotatable bonds is 4. The van der Waals surface area contributed by atoms with Crippen LogP contribution in [-0.4, -0.2) is 33.8 Å². The quantitative estimate of drug-likeness (QED) is 0.896. The summed E-state index contributed by atoms with van der Waals surface area (Å²) in [4.78, 5) is 13.9. The number of aliphatic hydroxyl groups excluding tert-OH is 1. The lowest BCUT2D eigenvalue weighted by atomic mass is 9.95. The van der Waals surface area contributed by atoms with Gasteiger partial charge in [0.1, 0.15) is 0 Å². The van der Waals surface area contributed by atoms with E-state index in [-0.39, 0.29) is 18.4 Å². The van der Waals surface area contributed by atoms with Crippen LogP contribution in [0.15, 0.2) is 10.9 Å². The van der Waals surface area contributed by atoms with Crippen molar-refractivity contribution >= 4 is 0 Å². The molecule has 0 aromatic carbocycles. The lowest BCUT2D eigenvalue weighted by Crippen LogP contribution is -2.26. The van der Waals surface area contributed by atoms with Gasteiger partial charge in [0.05, 0.1) is 12.3 Å². The molecule has 5 heteroatoms. The maximum Gasteiger partial charge on any atom is 0.223 e. The Balaban J connectivity index is 2.49. The molecule has 1 aromatic heterocycles. The second kappa shape index (κ2) is 7.79. The van der Waals surface area contributed by atoms with Crippen molar-refractivity contribution in [2.45, 2.75) is 64.1 Å². The van der Waals surface area contributed by atoms with Gasteiger partial charge in [-0.1, -0.05) is 32.1 Å². The first-order valence-electron chi connectivity index (χ1n) is 8.26. The van der Waals surface area contributed by atoms with Crippen LogP contribution < -0.4 is 5.43 Å². The zero-order valence-electron chi connectivity index (χ0n) is 13.7. The molecule has 5 nitrogen and oxygen atoms in total. The van der Waals surface area contributed by atoms with Crippen LogP contribution in [-0.2, 0) is 13.2 Å². The number of nitrogens with zero attached hydrogens (tertiary/aromatic N) is 2. The fraction of sp³-hybridized carbons (Fsp3) is 0.706. The molecule has 0 unspecified atom stereocenters. The number of pyridine rings is 1. The van der Waals surface area contributed by atoms with Crippen LogP contribution in [0.2, 0.25) is 0 Å². The van der Waals surface area contributed by atoms with E-state index in [0.29, 0.717) is 17.9 Å². The van der Waals surface area contributed by atoms with Gasteiger partial charge in [-0.15, -0.1) is 0 Å². The minimum Gasteiger partial charge on any atom is -0.503 e. The van der Waals surface area contributed by atoms with E-state index < -0.39 is 5.43 Å². The van der Waals surface area contributed by atoms with Gasteiger partial charge in [-0.2, -0.15) is 0 Å². The lowest BCUT2D eigenvalue weighted by Gasteiger charge is -2.29. The van der Waals surface area contributed by atoms with Crippen LogP contribution in [0.25, 0.3) is 0 Å². The van der Waals surface area contributed by atoms with Gasteiger partial charge in [-0.05, 0) is 26.9 Å². The Morgan fingerprint density at radius 3 is 2.32 bits per heavy atom. The summed E-state index contributed by atoms with van der Waals surface area (Å²) in [5, 5.41) is 20.0. The minimum absolute atomic E-state index is 0.173. The van der Waals surface area contributed by atoms with Gasteiger partial charge in [0.15, 0.2) is 5.75 Å². The number of aromatic nitrogens is 1. The van der Waals surface area contributed by atoms with Crippen molar-refractivity contribution in [2.24, 2.45) is 0 Å². The number of aliphatic hydroxyl groups is 1. The van der Waals surface area contributed by atoms with Crippen LogP contribution in [0.4, 0.5) is 0 Å². The molecular formula is C17H28N2O3. The molecule has 124 valence electrons. The Labute approximate surface area is 132 Å². The number of aromatic hydroxyl groups is 1. The largest absolute Gasteiger partial charge is 0.503 e. The first-order chi connectivity index (χ1) is 10.5. The van der Waals surface area contributed by atoms with Gasteiger partial charge in [0.25, 0.3) is 0 Å². The van der Waals surface area contributed by atoms with E-state index in [9.17, 15) is 15.0 Å². The molecule has 1 heterocycles. The molecule has 1 aliphatic carbocycles. The normalized spacial score (nSPS) is 17.5. The smallest absolute Gasteiger partial charge is 0.223 e. The van der Waals surface area contributed by atoms with Crippen molar-refractivity contribution in [1.82, 2.24) is 9.47 Å². The van der Waals surface area contributed by atoms with Crippen molar-refractivity contribution in [3.05, 3.63) is 27.7 Å². The third kappa shape index (κ3) is 3.90. The third-order valence-electron chi connectivity index (χ3n) is 4.47. The van der Waals surface area contributed by atoms with Gasteiger partial charge in [-0.25, -0.2) is 0 Å². The number of hydrogen-bond donors (Lipinski definition) is 2. The molecule has 0 aliphatic heterocycles. The first kappa shape index (κ1) is 17.0. The summed E-state index contributed by atoms with van der Waals surface area (Å²) in [6.45, 7) is 0.317. The second-order valence-corrected chi connectivity index (χ2v) is 6.56. The summed E-state index contributed by atoms with van der Waals surface area (Å²) in [5.41, 5.74) is 0.848. The molecule has 0 spiro atoms. The second-order valence-electron chi connectivity index (χ2n) is 6.56. The third-order valence-corrected chi connectivity index (χ3v) is 4.47. The molecule has 0 atom stereocenters. The van der Waals surface area contributed by atoms with E-state index in [0.717, 1.165) is 25.7 Å². The molecule has 1 fully saturated rings. The van der Waals surface area contributed by atoms with E-state index >= 15 is 0 Å². The van der Waals surface area contributed by atoms with Crippen LogP contribution in [0.3, 0.4) is 0 Å². The highest BCUT2D eigenvalue weighted by Crippen LogP contribution is 2.31. The fourth-order valence-electron chi connectivity index (χ4n) is 3.44. The predicted octanol–water partition coefficient (Wildman–Crippen LogP) is 2.39. The van der Waals surface area contributed by atoms with E-state index in [1.807, 2.05) is 23.6 Å². The molecule has 0 saturated heterocycles. The van der Waals surface area contributed by atoms with Gasteiger partial charge >= 0.3 is 0 Å². The molecular weight excluding hydrogens is 280 g/mol. The van der Waals surface area contributed by atoms with E-state index in [1.54, 1.807) is 0 Å². The minimum atomic E-state index is -0.400. The molecule has 2 N–H and O–H groups in total. The molecule has 1 saturated carbocycles. The summed E-state index contributed by atoms with van der Waals surface area (Å²) in [6.07, 6.45) is 8.15. The van der Waals surface area contributed by atoms with Crippen LogP contribution in [0.5, 0.6) is 5.75 Å². The summed E-state index contributed by atoms with van der Waals surface area (Å²) in [6, 6.07) is 1.64. The van der Waals surface area contributed by atoms with Gasteiger partial charge in [0, 0.05) is 24.3 Å². The molecule has 1 aromatic rings. The molecule has 1 aliphatic rings. The Hall–Kier alpha value is -1.33.